The minimum atomic E-state index is -3.57. The topological polar surface area (TPSA) is 105 Å². The third-order valence-corrected chi connectivity index (χ3v) is 7.74. The predicted molar refractivity (Wildman–Crippen MR) is 131 cm³/mol. The quantitative estimate of drug-likeness (QED) is 0.520. The molecule has 2 heterocycles. The van der Waals surface area contributed by atoms with Crippen LogP contribution in [-0.4, -0.2) is 55.1 Å². The van der Waals surface area contributed by atoms with E-state index in [1.54, 1.807) is 24.7 Å². The van der Waals surface area contributed by atoms with E-state index >= 15 is 0 Å². The average Bonchev–Trinajstić information content (AvgIpc) is 3.15. The number of benzene rings is 1. The maximum Gasteiger partial charge on any atom is 0.259 e. The van der Waals surface area contributed by atoms with Crippen LogP contribution in [0.1, 0.15) is 31.5 Å². The number of hydrogen-bond donors (Lipinski definition) is 2. The van der Waals surface area contributed by atoms with Gasteiger partial charge in [-0.05, 0) is 56.6 Å². The van der Waals surface area contributed by atoms with Gasteiger partial charge in [0.05, 0.1) is 5.52 Å². The van der Waals surface area contributed by atoms with Crippen LogP contribution in [0.15, 0.2) is 35.5 Å². The van der Waals surface area contributed by atoms with Gasteiger partial charge in [-0.3, -0.25) is 0 Å². The Balaban J connectivity index is 1.28. The van der Waals surface area contributed by atoms with Gasteiger partial charge < -0.3 is 14.8 Å². The van der Waals surface area contributed by atoms with Crippen LogP contribution >= 0.6 is 0 Å². The molecule has 2 N–H and O–H groups in total. The van der Waals surface area contributed by atoms with Crippen molar-refractivity contribution in [3.8, 4) is 0 Å². The Morgan fingerprint density at radius 1 is 1.03 bits per heavy atom. The van der Waals surface area contributed by atoms with E-state index in [0.717, 1.165) is 48.9 Å². The van der Waals surface area contributed by atoms with Crippen LogP contribution < -0.4 is 14.9 Å². The summed E-state index contributed by atoms with van der Waals surface area (Å²) >= 11 is 0. The molecule has 0 aliphatic heterocycles. The number of aromatic nitrogens is 4. The molecule has 3 aromatic rings. The second kappa shape index (κ2) is 9.64. The molecule has 1 fully saturated rings. The third-order valence-electron chi connectivity index (χ3n) is 6.45. The van der Waals surface area contributed by atoms with Crippen molar-refractivity contribution in [3.63, 3.8) is 0 Å². The highest BCUT2D eigenvalue weighted by Crippen LogP contribution is 2.29. The lowest BCUT2D eigenvalue weighted by atomic mass is 9.82. The summed E-state index contributed by atoms with van der Waals surface area (Å²) in [6, 6.07) is 8.04. The number of imidazole rings is 1. The molecule has 33 heavy (non-hydrogen) atoms. The zero-order valence-electron chi connectivity index (χ0n) is 19.7. The molecule has 2 aromatic heterocycles. The zero-order valence-corrected chi connectivity index (χ0v) is 20.6. The van der Waals surface area contributed by atoms with E-state index in [0.29, 0.717) is 30.2 Å². The van der Waals surface area contributed by atoms with Crippen LogP contribution in [0.25, 0.3) is 10.9 Å². The van der Waals surface area contributed by atoms with E-state index in [1.807, 2.05) is 43.3 Å². The Kier molecular flexibility index (Phi) is 6.85. The van der Waals surface area contributed by atoms with E-state index in [9.17, 15) is 8.42 Å². The Hall–Kier alpha value is -2.72. The molecular weight excluding hydrogens is 438 g/mol. The first-order valence-electron chi connectivity index (χ1n) is 11.4. The maximum atomic E-state index is 12.5. The number of nitrogens with one attached hydrogen (secondary N) is 2. The fourth-order valence-electron chi connectivity index (χ4n) is 4.31. The zero-order chi connectivity index (χ0) is 23.6. The molecule has 1 aromatic carbocycles. The molecule has 10 heteroatoms. The number of rotatable bonds is 8. The summed E-state index contributed by atoms with van der Waals surface area (Å²) < 4.78 is 29.5. The molecule has 9 nitrogen and oxygen atoms in total. The molecule has 0 bridgehead atoms. The van der Waals surface area contributed by atoms with Crippen LogP contribution in [-0.2, 0) is 17.1 Å². The number of anilines is 2. The number of fused-ring (bicyclic) bond motifs is 1. The first kappa shape index (κ1) is 23.4. The van der Waals surface area contributed by atoms with Crippen LogP contribution in [0.2, 0.25) is 0 Å². The van der Waals surface area contributed by atoms with Gasteiger partial charge in [0.25, 0.3) is 10.0 Å². The summed E-state index contributed by atoms with van der Waals surface area (Å²) in [4.78, 5) is 15.5. The second-order valence-electron chi connectivity index (χ2n) is 9.14. The Bertz CT molecular complexity index is 1200. The van der Waals surface area contributed by atoms with Gasteiger partial charge in [-0.2, -0.15) is 4.98 Å². The SMILES string of the molecule is Cc1nc(S(=O)(=O)NC[C@H]2CC[C@H](CNc3nc(N(C)C)c4ccccc4n3)CC2)cn1C. The van der Waals surface area contributed by atoms with E-state index in [1.165, 1.54) is 0 Å². The molecule has 178 valence electrons. The Morgan fingerprint density at radius 2 is 1.70 bits per heavy atom. The monoisotopic (exact) mass is 471 g/mol. The fraction of sp³-hybridized carbons (Fsp3) is 0.522. The first-order chi connectivity index (χ1) is 15.7. The number of sulfonamides is 1. The molecule has 1 aliphatic carbocycles. The maximum absolute atomic E-state index is 12.5. The van der Waals surface area contributed by atoms with Gasteiger partial charge in [0.15, 0.2) is 5.03 Å². The van der Waals surface area contributed by atoms with Crippen molar-refractivity contribution in [1.82, 2.24) is 24.2 Å². The van der Waals surface area contributed by atoms with E-state index in [4.69, 9.17) is 4.98 Å². The fourth-order valence-corrected chi connectivity index (χ4v) is 5.46. The van der Waals surface area contributed by atoms with Crippen molar-refractivity contribution in [2.24, 2.45) is 18.9 Å². The number of aryl methyl sites for hydroxylation is 2. The van der Waals surface area contributed by atoms with Crippen molar-refractivity contribution in [2.75, 3.05) is 37.4 Å². The molecular formula is C23H33N7O2S. The lowest BCUT2D eigenvalue weighted by molar-refractivity contribution is 0.284. The molecule has 0 radical (unpaired) electrons. The molecule has 1 aliphatic rings. The van der Waals surface area contributed by atoms with Crippen molar-refractivity contribution in [1.29, 1.82) is 0 Å². The number of hydrogen-bond acceptors (Lipinski definition) is 7. The molecule has 0 spiro atoms. The van der Waals surface area contributed by atoms with E-state index in [-0.39, 0.29) is 5.03 Å². The lowest BCUT2D eigenvalue weighted by Gasteiger charge is -2.28. The highest BCUT2D eigenvalue weighted by molar-refractivity contribution is 7.89. The normalized spacial score (nSPS) is 19.0. The first-order valence-corrected chi connectivity index (χ1v) is 12.9. The average molecular weight is 472 g/mol. The summed E-state index contributed by atoms with van der Waals surface area (Å²) in [5, 5.41) is 4.56. The largest absolute Gasteiger partial charge is 0.362 e. The highest BCUT2D eigenvalue weighted by atomic mass is 32.2. The minimum Gasteiger partial charge on any atom is -0.362 e. The number of nitrogens with zero attached hydrogens (tertiary/aromatic N) is 5. The Labute approximate surface area is 195 Å². The molecule has 0 amide bonds. The number of para-hydroxylation sites is 1. The smallest absolute Gasteiger partial charge is 0.259 e. The van der Waals surface area contributed by atoms with Crippen molar-refractivity contribution in [2.45, 2.75) is 37.6 Å². The van der Waals surface area contributed by atoms with Crippen molar-refractivity contribution in [3.05, 3.63) is 36.3 Å². The highest BCUT2D eigenvalue weighted by Gasteiger charge is 2.25. The van der Waals surface area contributed by atoms with Gasteiger partial charge in [-0.25, -0.2) is 23.1 Å². The van der Waals surface area contributed by atoms with E-state index < -0.39 is 10.0 Å². The second-order valence-corrected chi connectivity index (χ2v) is 10.9. The summed E-state index contributed by atoms with van der Waals surface area (Å²) in [5.41, 5.74) is 0.929. The lowest BCUT2D eigenvalue weighted by Crippen LogP contribution is -2.32. The summed E-state index contributed by atoms with van der Waals surface area (Å²) in [5.74, 6) is 3.10. The standard InChI is InChI=1S/C23H33N7O2S/c1-16-26-21(15-30(16)4)33(31,32)25-14-18-11-9-17(10-12-18)13-24-23-27-20-8-6-5-7-19(20)22(28-23)29(2)3/h5-8,15,17-18,25H,9-14H2,1-4H3,(H,24,27,28)/t17-,18-. The minimum absolute atomic E-state index is 0.0906. The van der Waals surface area contributed by atoms with Crippen LogP contribution in [0.5, 0.6) is 0 Å². The van der Waals surface area contributed by atoms with Crippen LogP contribution in [0.4, 0.5) is 11.8 Å². The van der Waals surface area contributed by atoms with Crippen LogP contribution in [0, 0.1) is 18.8 Å². The predicted octanol–water partition coefficient (Wildman–Crippen LogP) is 2.93. The molecule has 4 rings (SSSR count). The van der Waals surface area contributed by atoms with Gasteiger partial charge in [0.1, 0.15) is 11.6 Å². The van der Waals surface area contributed by atoms with Gasteiger partial charge >= 0.3 is 0 Å². The molecule has 0 atom stereocenters. The summed E-state index contributed by atoms with van der Waals surface area (Å²) in [7, 11) is 2.21. The summed E-state index contributed by atoms with van der Waals surface area (Å²) in [6.45, 7) is 3.06. The van der Waals surface area contributed by atoms with E-state index in [2.05, 4.69) is 20.0 Å². The molecule has 1 saturated carbocycles. The third kappa shape index (κ3) is 5.44. The summed E-state index contributed by atoms with van der Waals surface area (Å²) in [6.07, 6.45) is 5.65. The van der Waals surface area contributed by atoms with Crippen LogP contribution in [0.3, 0.4) is 0 Å². The molecule has 0 unspecified atom stereocenters. The Morgan fingerprint density at radius 3 is 2.33 bits per heavy atom. The van der Waals surface area contributed by atoms with Gasteiger partial charge in [0, 0.05) is 45.8 Å². The molecule has 0 saturated heterocycles. The van der Waals surface area contributed by atoms with Crippen molar-refractivity contribution >= 4 is 32.7 Å². The van der Waals surface area contributed by atoms with Gasteiger partial charge in [-0.15, -0.1) is 0 Å². The van der Waals surface area contributed by atoms with Gasteiger partial charge in [-0.1, -0.05) is 12.1 Å². The van der Waals surface area contributed by atoms with Gasteiger partial charge in [0.2, 0.25) is 5.95 Å². The van der Waals surface area contributed by atoms with Crippen molar-refractivity contribution < 1.29 is 8.42 Å².